The first kappa shape index (κ1) is 11.9. The third kappa shape index (κ3) is 1.55. The van der Waals surface area contributed by atoms with Crippen LogP contribution in [0.2, 0.25) is 0 Å². The van der Waals surface area contributed by atoms with Crippen molar-refractivity contribution in [2.45, 2.75) is 38.2 Å². The van der Waals surface area contributed by atoms with Crippen molar-refractivity contribution < 1.29 is 14.6 Å². The Bertz CT molecular complexity index is 278. The lowest BCUT2D eigenvalue weighted by Gasteiger charge is -2.53. The van der Waals surface area contributed by atoms with Crippen LogP contribution in [0.15, 0.2) is 0 Å². The van der Waals surface area contributed by atoms with Gasteiger partial charge in [-0.15, -0.1) is 0 Å². The van der Waals surface area contributed by atoms with Crippen LogP contribution < -0.4 is 5.32 Å². The molecule has 0 spiro atoms. The van der Waals surface area contributed by atoms with Gasteiger partial charge in [-0.3, -0.25) is 4.79 Å². The van der Waals surface area contributed by atoms with Gasteiger partial charge in [-0.1, -0.05) is 6.92 Å². The number of hydrogen-bond acceptors (Lipinski definition) is 4. The van der Waals surface area contributed by atoms with E-state index >= 15 is 0 Å². The quantitative estimate of drug-likeness (QED) is 0.681. The van der Waals surface area contributed by atoms with Crippen LogP contribution in [0.5, 0.6) is 0 Å². The van der Waals surface area contributed by atoms with Crippen LogP contribution in [-0.2, 0) is 9.53 Å². The Kier molecular flexibility index (Phi) is 2.97. The molecule has 2 rings (SSSR count). The van der Waals surface area contributed by atoms with Gasteiger partial charge < -0.3 is 15.2 Å². The standard InChI is InChI=1S/C12H21NO3/c1-9-3-5-12(15,6-4-9)11(7-13-8-11)10(14)16-2/h9,13,15H,3-8H2,1-2H3. The van der Waals surface area contributed by atoms with Crippen LogP contribution in [0.1, 0.15) is 32.6 Å². The molecule has 1 saturated heterocycles. The summed E-state index contributed by atoms with van der Waals surface area (Å²) in [6.07, 6.45) is 3.42. The maximum absolute atomic E-state index is 11.9. The number of ether oxygens (including phenoxy) is 1. The van der Waals surface area contributed by atoms with E-state index in [-0.39, 0.29) is 5.97 Å². The van der Waals surface area contributed by atoms with Gasteiger partial charge in [0.1, 0.15) is 5.41 Å². The summed E-state index contributed by atoms with van der Waals surface area (Å²) in [5.41, 5.74) is -1.56. The number of aliphatic hydroxyl groups is 1. The van der Waals surface area contributed by atoms with E-state index in [1.807, 2.05) is 0 Å². The van der Waals surface area contributed by atoms with Crippen molar-refractivity contribution >= 4 is 5.97 Å². The van der Waals surface area contributed by atoms with Crippen molar-refractivity contribution in [2.24, 2.45) is 11.3 Å². The fraction of sp³-hybridized carbons (Fsp3) is 0.917. The SMILES string of the molecule is COC(=O)C1(C2(O)CCC(C)CC2)CNC1. The summed E-state index contributed by atoms with van der Waals surface area (Å²) in [4.78, 5) is 11.9. The van der Waals surface area contributed by atoms with Crippen molar-refractivity contribution in [1.82, 2.24) is 5.32 Å². The molecule has 1 aliphatic heterocycles. The second-order valence-electron chi connectivity index (χ2n) is 5.39. The van der Waals surface area contributed by atoms with E-state index in [9.17, 15) is 9.90 Å². The molecule has 2 fully saturated rings. The van der Waals surface area contributed by atoms with Gasteiger partial charge in [0.2, 0.25) is 0 Å². The van der Waals surface area contributed by atoms with Crippen molar-refractivity contribution in [1.29, 1.82) is 0 Å². The summed E-state index contributed by atoms with van der Waals surface area (Å²) < 4.78 is 4.86. The maximum Gasteiger partial charge on any atom is 0.317 e. The molecule has 2 N–H and O–H groups in total. The predicted octanol–water partition coefficient (Wildman–Crippen LogP) is 0.690. The van der Waals surface area contributed by atoms with Gasteiger partial charge in [0.15, 0.2) is 0 Å². The van der Waals surface area contributed by atoms with Crippen molar-refractivity contribution in [3.05, 3.63) is 0 Å². The molecule has 0 aromatic rings. The Hall–Kier alpha value is -0.610. The number of hydrogen-bond donors (Lipinski definition) is 2. The van der Waals surface area contributed by atoms with Crippen LogP contribution in [-0.4, -0.2) is 36.9 Å². The highest BCUT2D eigenvalue weighted by atomic mass is 16.5. The van der Waals surface area contributed by atoms with Crippen molar-refractivity contribution in [2.75, 3.05) is 20.2 Å². The van der Waals surface area contributed by atoms with Crippen LogP contribution in [0.3, 0.4) is 0 Å². The smallest absolute Gasteiger partial charge is 0.317 e. The average molecular weight is 227 g/mol. The van der Waals surface area contributed by atoms with Gasteiger partial charge in [0, 0.05) is 13.1 Å². The monoisotopic (exact) mass is 227 g/mol. The molecule has 1 heterocycles. The van der Waals surface area contributed by atoms with Crippen LogP contribution in [0.25, 0.3) is 0 Å². The molecule has 1 aliphatic carbocycles. The zero-order chi connectivity index (χ0) is 11.8. The second kappa shape index (κ2) is 4.00. The molecule has 2 aliphatic rings. The Labute approximate surface area is 96.4 Å². The van der Waals surface area contributed by atoms with Crippen LogP contribution in [0.4, 0.5) is 0 Å². The van der Waals surface area contributed by atoms with E-state index in [1.165, 1.54) is 7.11 Å². The van der Waals surface area contributed by atoms with E-state index < -0.39 is 11.0 Å². The van der Waals surface area contributed by atoms with Crippen molar-refractivity contribution in [3.8, 4) is 0 Å². The van der Waals surface area contributed by atoms with Crippen LogP contribution in [0, 0.1) is 11.3 Å². The van der Waals surface area contributed by atoms with Gasteiger partial charge >= 0.3 is 5.97 Å². The van der Waals surface area contributed by atoms with E-state index in [2.05, 4.69) is 12.2 Å². The minimum atomic E-state index is -0.863. The molecule has 16 heavy (non-hydrogen) atoms. The lowest BCUT2D eigenvalue weighted by atomic mass is 9.60. The van der Waals surface area contributed by atoms with Gasteiger partial charge in [-0.25, -0.2) is 0 Å². The molecule has 4 nitrogen and oxygen atoms in total. The molecule has 0 unspecified atom stereocenters. The fourth-order valence-corrected chi connectivity index (χ4v) is 2.95. The number of carbonyl (C=O) groups excluding carboxylic acids is 1. The molecule has 0 bridgehead atoms. The van der Waals surface area contributed by atoms with Gasteiger partial charge in [-0.05, 0) is 31.6 Å². The molecule has 0 radical (unpaired) electrons. The highest BCUT2D eigenvalue weighted by Crippen LogP contribution is 2.46. The number of rotatable bonds is 2. The first-order valence-corrected chi connectivity index (χ1v) is 6.06. The van der Waals surface area contributed by atoms with Crippen LogP contribution >= 0.6 is 0 Å². The third-order valence-corrected chi connectivity index (χ3v) is 4.42. The highest BCUT2D eigenvalue weighted by molar-refractivity contribution is 5.80. The van der Waals surface area contributed by atoms with Gasteiger partial charge in [-0.2, -0.15) is 0 Å². The molecular formula is C12H21NO3. The zero-order valence-corrected chi connectivity index (χ0v) is 10.1. The first-order valence-electron chi connectivity index (χ1n) is 6.06. The lowest BCUT2D eigenvalue weighted by Crippen LogP contribution is -2.70. The summed E-state index contributed by atoms with van der Waals surface area (Å²) in [6, 6.07) is 0. The Morgan fingerprint density at radius 3 is 2.31 bits per heavy atom. The summed E-state index contributed by atoms with van der Waals surface area (Å²) >= 11 is 0. The molecule has 0 aromatic heterocycles. The third-order valence-electron chi connectivity index (χ3n) is 4.42. The van der Waals surface area contributed by atoms with E-state index in [1.54, 1.807) is 0 Å². The minimum absolute atomic E-state index is 0.261. The Balaban J connectivity index is 2.17. The van der Waals surface area contributed by atoms with Gasteiger partial charge in [0.25, 0.3) is 0 Å². The molecular weight excluding hydrogens is 206 g/mol. The van der Waals surface area contributed by atoms with Crippen molar-refractivity contribution in [3.63, 3.8) is 0 Å². The summed E-state index contributed by atoms with van der Waals surface area (Å²) in [7, 11) is 1.40. The number of esters is 1. The number of methoxy groups -OCH3 is 1. The molecule has 0 atom stereocenters. The zero-order valence-electron chi connectivity index (χ0n) is 10.1. The molecule has 4 heteroatoms. The fourth-order valence-electron chi connectivity index (χ4n) is 2.95. The second-order valence-corrected chi connectivity index (χ2v) is 5.39. The van der Waals surface area contributed by atoms with E-state index in [0.29, 0.717) is 31.8 Å². The minimum Gasteiger partial charge on any atom is -0.468 e. The molecule has 0 amide bonds. The van der Waals surface area contributed by atoms with E-state index in [4.69, 9.17) is 4.74 Å². The maximum atomic E-state index is 11.9. The summed E-state index contributed by atoms with van der Waals surface area (Å²) in [5, 5.41) is 13.8. The van der Waals surface area contributed by atoms with Gasteiger partial charge in [0.05, 0.1) is 12.7 Å². The lowest BCUT2D eigenvalue weighted by molar-refractivity contribution is -0.189. The Morgan fingerprint density at radius 2 is 1.94 bits per heavy atom. The molecule has 1 saturated carbocycles. The number of nitrogens with one attached hydrogen (secondary N) is 1. The normalized spacial score (nSPS) is 37.6. The highest BCUT2D eigenvalue weighted by Gasteiger charge is 2.60. The predicted molar refractivity (Wildman–Crippen MR) is 59.9 cm³/mol. The Morgan fingerprint density at radius 1 is 1.38 bits per heavy atom. The summed E-state index contributed by atoms with van der Waals surface area (Å²) in [5.74, 6) is 0.395. The molecule has 0 aromatic carbocycles. The number of carbonyl (C=O) groups is 1. The van der Waals surface area contributed by atoms with E-state index in [0.717, 1.165) is 12.8 Å². The average Bonchev–Trinajstić information content (AvgIpc) is 2.21. The first-order chi connectivity index (χ1) is 7.54. The largest absolute Gasteiger partial charge is 0.468 e. The molecule has 92 valence electrons. The topological polar surface area (TPSA) is 58.6 Å². The summed E-state index contributed by atoms with van der Waals surface area (Å²) in [6.45, 7) is 3.29.